The lowest BCUT2D eigenvalue weighted by Crippen LogP contribution is -1.97. The van der Waals surface area contributed by atoms with E-state index in [2.05, 4.69) is 10.3 Å². The van der Waals surface area contributed by atoms with Crippen LogP contribution in [-0.2, 0) is 11.2 Å². The van der Waals surface area contributed by atoms with E-state index in [1.165, 1.54) is 16.8 Å². The molecule has 2 rings (SSSR count). The Morgan fingerprint density at radius 1 is 1.47 bits per heavy atom. The molecule has 98 valence electrons. The molecule has 1 N–H and O–H groups in total. The molecule has 0 aliphatic carbocycles. The first kappa shape index (κ1) is 12.7. The van der Waals surface area contributed by atoms with E-state index in [9.17, 15) is 14.9 Å². The van der Waals surface area contributed by atoms with E-state index in [1.54, 1.807) is 18.3 Å². The number of hydrogen-bond acceptors (Lipinski definition) is 5. The Kier molecular flexibility index (Phi) is 3.51. The van der Waals surface area contributed by atoms with Crippen LogP contribution in [-0.4, -0.2) is 31.0 Å². The number of nitro benzene ring substituents is 1. The van der Waals surface area contributed by atoms with E-state index in [-0.39, 0.29) is 18.5 Å². The second-order valence-corrected chi connectivity index (χ2v) is 3.83. The summed E-state index contributed by atoms with van der Waals surface area (Å²) in [5, 5.41) is 26.9. The highest BCUT2D eigenvalue weighted by Crippen LogP contribution is 2.16. The Morgan fingerprint density at radius 3 is 2.95 bits per heavy atom. The van der Waals surface area contributed by atoms with Crippen LogP contribution in [0.25, 0.3) is 5.69 Å². The number of carbonyl (C=O) groups is 1. The zero-order valence-corrected chi connectivity index (χ0v) is 9.76. The number of aliphatic carboxylic acids is 1. The lowest BCUT2D eigenvalue weighted by Gasteiger charge is -1.98. The summed E-state index contributed by atoms with van der Waals surface area (Å²) in [6.07, 6.45) is 1.79. The lowest BCUT2D eigenvalue weighted by atomic mass is 10.2. The molecule has 1 aromatic carbocycles. The zero-order valence-electron chi connectivity index (χ0n) is 9.76. The van der Waals surface area contributed by atoms with Crippen LogP contribution in [0.4, 0.5) is 5.69 Å². The number of nitro groups is 1. The first-order valence-corrected chi connectivity index (χ1v) is 5.44. The highest BCUT2D eigenvalue weighted by Gasteiger charge is 2.09. The van der Waals surface area contributed by atoms with Crippen molar-refractivity contribution in [3.63, 3.8) is 0 Å². The smallest absolute Gasteiger partial charge is 0.303 e. The van der Waals surface area contributed by atoms with Crippen LogP contribution >= 0.6 is 0 Å². The minimum Gasteiger partial charge on any atom is -0.481 e. The Bertz CT molecular complexity index is 623. The number of nitrogens with zero attached hydrogens (tertiary/aromatic N) is 4. The molecule has 19 heavy (non-hydrogen) atoms. The van der Waals surface area contributed by atoms with Gasteiger partial charge in [-0.15, -0.1) is 5.10 Å². The lowest BCUT2D eigenvalue weighted by molar-refractivity contribution is -0.384. The van der Waals surface area contributed by atoms with Gasteiger partial charge in [0.1, 0.15) is 0 Å². The van der Waals surface area contributed by atoms with E-state index in [4.69, 9.17) is 5.11 Å². The van der Waals surface area contributed by atoms with Crippen molar-refractivity contribution in [2.75, 3.05) is 0 Å². The minimum absolute atomic E-state index is 0.0341. The number of aromatic nitrogens is 3. The molecule has 0 radical (unpaired) electrons. The van der Waals surface area contributed by atoms with Crippen LogP contribution < -0.4 is 0 Å². The van der Waals surface area contributed by atoms with E-state index in [0.717, 1.165) is 0 Å². The van der Waals surface area contributed by atoms with Crippen LogP contribution in [0.2, 0.25) is 0 Å². The maximum Gasteiger partial charge on any atom is 0.303 e. The van der Waals surface area contributed by atoms with Gasteiger partial charge in [0.05, 0.1) is 28.9 Å². The van der Waals surface area contributed by atoms with E-state index in [1.807, 2.05) is 0 Å². The van der Waals surface area contributed by atoms with Crippen molar-refractivity contribution in [1.29, 1.82) is 0 Å². The minimum atomic E-state index is -0.912. The van der Waals surface area contributed by atoms with E-state index < -0.39 is 10.9 Å². The van der Waals surface area contributed by atoms with E-state index >= 15 is 0 Å². The Labute approximate surface area is 107 Å². The molecule has 1 heterocycles. The van der Waals surface area contributed by atoms with Gasteiger partial charge in [-0.05, 0) is 6.07 Å². The second kappa shape index (κ2) is 5.25. The van der Waals surface area contributed by atoms with Gasteiger partial charge in [-0.25, -0.2) is 4.68 Å². The molecular weight excluding hydrogens is 252 g/mol. The molecule has 1 aromatic heterocycles. The van der Waals surface area contributed by atoms with Crippen LogP contribution in [0, 0.1) is 10.1 Å². The monoisotopic (exact) mass is 262 g/mol. The largest absolute Gasteiger partial charge is 0.481 e. The summed E-state index contributed by atoms with van der Waals surface area (Å²) in [4.78, 5) is 20.6. The number of aryl methyl sites for hydroxylation is 1. The van der Waals surface area contributed by atoms with Gasteiger partial charge >= 0.3 is 5.97 Å². The SMILES string of the molecule is O=C(O)CCc1cn(-c2cccc([N+](=O)[O-])c2)nn1. The highest BCUT2D eigenvalue weighted by atomic mass is 16.6. The molecule has 2 aromatic rings. The summed E-state index contributed by atoms with van der Waals surface area (Å²) in [5.74, 6) is -0.912. The highest BCUT2D eigenvalue weighted by molar-refractivity contribution is 5.66. The van der Waals surface area contributed by atoms with Gasteiger partial charge < -0.3 is 5.11 Å². The summed E-state index contributed by atoms with van der Waals surface area (Å²) in [7, 11) is 0. The van der Waals surface area contributed by atoms with Crippen molar-refractivity contribution in [2.45, 2.75) is 12.8 Å². The summed E-state index contributed by atoms with van der Waals surface area (Å²) < 4.78 is 1.38. The fourth-order valence-electron chi connectivity index (χ4n) is 1.52. The first-order valence-electron chi connectivity index (χ1n) is 5.44. The molecular formula is C11H10N4O4. The molecule has 0 aliphatic rings. The second-order valence-electron chi connectivity index (χ2n) is 3.83. The third-order valence-electron chi connectivity index (χ3n) is 2.44. The predicted molar refractivity (Wildman–Crippen MR) is 64.0 cm³/mol. The van der Waals surface area contributed by atoms with Crippen molar-refractivity contribution in [3.05, 3.63) is 46.3 Å². The Hall–Kier alpha value is -2.77. The third-order valence-corrected chi connectivity index (χ3v) is 2.44. The normalized spacial score (nSPS) is 10.3. The van der Waals surface area contributed by atoms with Crippen molar-refractivity contribution < 1.29 is 14.8 Å². The molecule has 0 saturated heterocycles. The number of non-ortho nitro benzene ring substituents is 1. The predicted octanol–water partition coefficient (Wildman–Crippen LogP) is 1.19. The summed E-state index contributed by atoms with van der Waals surface area (Å²) in [6, 6.07) is 5.95. The van der Waals surface area contributed by atoms with Gasteiger partial charge in [0.25, 0.3) is 5.69 Å². The van der Waals surface area contributed by atoms with Crippen molar-refractivity contribution in [2.24, 2.45) is 0 Å². The Balaban J connectivity index is 2.20. The topological polar surface area (TPSA) is 111 Å². The van der Waals surface area contributed by atoms with Gasteiger partial charge in [-0.2, -0.15) is 0 Å². The van der Waals surface area contributed by atoms with Gasteiger partial charge in [-0.1, -0.05) is 11.3 Å². The molecule has 0 saturated carbocycles. The molecule has 0 spiro atoms. The maximum absolute atomic E-state index is 10.7. The van der Waals surface area contributed by atoms with Crippen LogP contribution in [0.15, 0.2) is 30.5 Å². The van der Waals surface area contributed by atoms with E-state index in [0.29, 0.717) is 11.4 Å². The molecule has 0 atom stereocenters. The quantitative estimate of drug-likeness (QED) is 0.640. The molecule has 0 aliphatic heterocycles. The molecule has 8 heteroatoms. The Morgan fingerprint density at radius 2 is 2.26 bits per heavy atom. The fourth-order valence-corrected chi connectivity index (χ4v) is 1.52. The van der Waals surface area contributed by atoms with Crippen LogP contribution in [0.5, 0.6) is 0 Å². The standard InChI is InChI=1S/C11H10N4O4/c16-11(17)5-4-8-7-14(13-12-8)9-2-1-3-10(6-9)15(18)19/h1-3,6-7H,4-5H2,(H,16,17). The van der Waals surface area contributed by atoms with Gasteiger partial charge in [0, 0.05) is 18.6 Å². The molecule has 0 bridgehead atoms. The van der Waals surface area contributed by atoms with Crippen molar-refractivity contribution in [3.8, 4) is 5.69 Å². The molecule has 0 amide bonds. The van der Waals surface area contributed by atoms with Crippen LogP contribution in [0.1, 0.15) is 12.1 Å². The number of hydrogen-bond donors (Lipinski definition) is 1. The fraction of sp³-hybridized carbons (Fsp3) is 0.182. The van der Waals surface area contributed by atoms with Gasteiger partial charge in [0.2, 0.25) is 0 Å². The van der Waals surface area contributed by atoms with Crippen molar-refractivity contribution >= 4 is 11.7 Å². The third kappa shape index (κ3) is 3.12. The summed E-state index contributed by atoms with van der Waals surface area (Å²) in [6.45, 7) is 0. The van der Waals surface area contributed by atoms with Gasteiger partial charge in [0.15, 0.2) is 0 Å². The van der Waals surface area contributed by atoms with Crippen LogP contribution in [0.3, 0.4) is 0 Å². The maximum atomic E-state index is 10.7. The average Bonchev–Trinajstić information content (AvgIpc) is 2.85. The zero-order chi connectivity index (χ0) is 13.8. The number of benzene rings is 1. The average molecular weight is 262 g/mol. The first-order chi connectivity index (χ1) is 9.06. The number of rotatable bonds is 5. The number of carboxylic acid groups (broad SMARTS) is 1. The van der Waals surface area contributed by atoms with Gasteiger partial charge in [-0.3, -0.25) is 14.9 Å². The molecule has 0 fully saturated rings. The summed E-state index contributed by atoms with van der Waals surface area (Å²) >= 11 is 0. The number of carboxylic acids is 1. The molecule has 8 nitrogen and oxygen atoms in total. The van der Waals surface area contributed by atoms with Crippen molar-refractivity contribution in [1.82, 2.24) is 15.0 Å². The summed E-state index contributed by atoms with van der Waals surface area (Å²) in [5.41, 5.74) is 0.984. The molecule has 0 unspecified atom stereocenters.